The van der Waals surface area contributed by atoms with Crippen molar-refractivity contribution in [3.05, 3.63) is 29.8 Å². The Morgan fingerprint density at radius 3 is 2.55 bits per heavy atom. The van der Waals surface area contributed by atoms with Gasteiger partial charge in [-0.1, -0.05) is 38.8 Å². The molecule has 0 aliphatic rings. The molecule has 0 aromatic heterocycles. The van der Waals surface area contributed by atoms with Crippen LogP contribution >= 0.6 is 0 Å². The summed E-state index contributed by atoms with van der Waals surface area (Å²) in [6.45, 7) is -4.35. The summed E-state index contributed by atoms with van der Waals surface area (Å²) in [6.07, 6.45) is 0. The molecule has 1 N–H and O–H groups in total. The van der Waals surface area contributed by atoms with Crippen LogP contribution < -0.4 is 0 Å². The van der Waals surface area contributed by atoms with Crippen LogP contribution in [0.5, 0.6) is 5.75 Å². The van der Waals surface area contributed by atoms with Crippen LogP contribution in [0.1, 0.15) is 34.4 Å². The lowest BCUT2D eigenvalue weighted by molar-refractivity contribution is 0.447. The van der Waals surface area contributed by atoms with Crippen LogP contribution in [0.25, 0.3) is 0 Å². The number of hydrogen-bond donors (Lipinski definition) is 1. The largest absolute Gasteiger partial charge is 0.508 e. The topological polar surface area (TPSA) is 20.2 Å². The van der Waals surface area contributed by atoms with E-state index in [-0.39, 0.29) is 11.3 Å². The van der Waals surface area contributed by atoms with Gasteiger partial charge in [-0.15, -0.1) is 0 Å². The molecule has 0 fully saturated rings. The third-order valence-electron chi connectivity index (χ3n) is 1.44. The Morgan fingerprint density at radius 1 is 1.36 bits per heavy atom. The van der Waals surface area contributed by atoms with Crippen molar-refractivity contribution in [1.82, 2.24) is 0 Å². The minimum absolute atomic E-state index is 0.0833. The molecule has 0 amide bonds. The standard InChI is InChI=1S/C10H14O/c1-10(2,3)8-6-4-5-7-9(8)11/h4-7,11H,1-3H3/i1D3,2D3. The quantitative estimate of drug-likeness (QED) is 0.612. The summed E-state index contributed by atoms with van der Waals surface area (Å²) >= 11 is 0. The minimum atomic E-state index is -2.74. The summed E-state index contributed by atoms with van der Waals surface area (Å²) in [7, 11) is 0. The lowest BCUT2D eigenvalue weighted by Crippen LogP contribution is -2.10. The molecule has 0 unspecified atom stereocenters. The zero-order valence-electron chi connectivity index (χ0n) is 12.3. The summed E-state index contributed by atoms with van der Waals surface area (Å²) in [5, 5.41) is 9.67. The van der Waals surface area contributed by atoms with E-state index in [4.69, 9.17) is 8.22 Å². The van der Waals surface area contributed by atoms with Crippen molar-refractivity contribution in [3.8, 4) is 5.75 Å². The van der Waals surface area contributed by atoms with Gasteiger partial charge in [-0.05, 0) is 17.0 Å². The molecule has 0 atom stereocenters. The Hall–Kier alpha value is -0.980. The van der Waals surface area contributed by atoms with E-state index in [1.165, 1.54) is 24.3 Å². The van der Waals surface area contributed by atoms with Crippen LogP contribution in [-0.2, 0) is 5.41 Å². The van der Waals surface area contributed by atoms with Crippen LogP contribution in [0.2, 0.25) is 0 Å². The summed E-state index contributed by atoms with van der Waals surface area (Å²) in [5.74, 6) is -0.317. The molecule has 1 nitrogen and oxygen atoms in total. The lowest BCUT2D eigenvalue weighted by atomic mass is 9.86. The Kier molecular flexibility index (Phi) is 0.743. The predicted octanol–water partition coefficient (Wildman–Crippen LogP) is 2.69. The molecule has 1 heteroatoms. The van der Waals surface area contributed by atoms with Gasteiger partial charge in [0.25, 0.3) is 0 Å². The number of hydrogen-bond acceptors (Lipinski definition) is 1. The zero-order chi connectivity index (χ0) is 13.5. The Labute approximate surface area is 76.1 Å². The fourth-order valence-electron chi connectivity index (χ4n) is 0.896. The van der Waals surface area contributed by atoms with Crippen LogP contribution in [0.4, 0.5) is 0 Å². The monoisotopic (exact) mass is 156 g/mol. The molecule has 11 heavy (non-hydrogen) atoms. The molecule has 0 spiro atoms. The van der Waals surface area contributed by atoms with Crippen molar-refractivity contribution >= 4 is 0 Å². The van der Waals surface area contributed by atoms with Crippen molar-refractivity contribution in [2.45, 2.75) is 26.0 Å². The van der Waals surface area contributed by atoms with Gasteiger partial charge in [0.2, 0.25) is 0 Å². The van der Waals surface area contributed by atoms with Crippen LogP contribution in [0.3, 0.4) is 0 Å². The van der Waals surface area contributed by atoms with Gasteiger partial charge in [0.15, 0.2) is 0 Å². The van der Waals surface area contributed by atoms with Crippen LogP contribution in [-0.4, -0.2) is 5.11 Å². The van der Waals surface area contributed by atoms with Crippen molar-refractivity contribution < 1.29 is 13.3 Å². The van der Waals surface area contributed by atoms with Gasteiger partial charge in [-0.2, -0.15) is 0 Å². The summed E-state index contributed by atoms with van der Waals surface area (Å²) in [5.41, 5.74) is -2.18. The second-order valence-electron chi connectivity index (χ2n) is 2.64. The van der Waals surface area contributed by atoms with E-state index in [9.17, 15) is 5.11 Å². The fraction of sp³-hybridized carbons (Fsp3) is 0.400. The molecule has 0 saturated carbocycles. The minimum Gasteiger partial charge on any atom is -0.508 e. The fourth-order valence-corrected chi connectivity index (χ4v) is 0.896. The normalized spacial score (nSPS) is 21.9. The Bertz CT molecular complexity index is 392. The molecule has 0 heterocycles. The number of para-hydroxylation sites is 1. The molecule has 60 valence electrons. The maximum absolute atomic E-state index is 9.67. The molecule has 0 bridgehead atoms. The maximum atomic E-state index is 9.67. The summed E-state index contributed by atoms with van der Waals surface area (Å²) in [4.78, 5) is 0. The average Bonchev–Trinajstić information content (AvgIpc) is 2.13. The first-order valence-corrected chi connectivity index (χ1v) is 3.30. The highest BCUT2D eigenvalue weighted by molar-refractivity contribution is 5.36. The van der Waals surface area contributed by atoms with E-state index < -0.39 is 19.1 Å². The molecule has 1 rings (SSSR count). The molecule has 1 aromatic rings. The lowest BCUT2D eigenvalue weighted by Gasteiger charge is -2.19. The van der Waals surface area contributed by atoms with Crippen molar-refractivity contribution in [3.63, 3.8) is 0 Å². The van der Waals surface area contributed by atoms with E-state index in [0.717, 1.165) is 6.92 Å². The first kappa shape index (κ1) is 3.18. The molecule has 0 aliphatic carbocycles. The molecular weight excluding hydrogens is 136 g/mol. The Balaban J connectivity index is 3.53. The maximum Gasteiger partial charge on any atom is 0.119 e. The van der Waals surface area contributed by atoms with Crippen molar-refractivity contribution in [2.24, 2.45) is 0 Å². The third kappa shape index (κ3) is 1.73. The van der Waals surface area contributed by atoms with E-state index in [1.54, 1.807) is 0 Å². The van der Waals surface area contributed by atoms with Gasteiger partial charge in [-0.3, -0.25) is 0 Å². The SMILES string of the molecule is [2H]C([2H])([2H])C(C)(c1ccccc1O)C([2H])([2H])[2H]. The Morgan fingerprint density at radius 2 is 2.00 bits per heavy atom. The van der Waals surface area contributed by atoms with Crippen molar-refractivity contribution in [1.29, 1.82) is 0 Å². The van der Waals surface area contributed by atoms with Crippen LogP contribution in [0, 0.1) is 0 Å². The van der Waals surface area contributed by atoms with Gasteiger partial charge in [-0.25, -0.2) is 0 Å². The number of rotatable bonds is 0. The van der Waals surface area contributed by atoms with E-state index in [2.05, 4.69) is 0 Å². The van der Waals surface area contributed by atoms with Gasteiger partial charge in [0.1, 0.15) is 5.75 Å². The second-order valence-corrected chi connectivity index (χ2v) is 2.64. The molecule has 0 aliphatic heterocycles. The van der Waals surface area contributed by atoms with E-state index >= 15 is 0 Å². The van der Waals surface area contributed by atoms with Gasteiger partial charge < -0.3 is 5.11 Å². The summed E-state index contributed by atoms with van der Waals surface area (Å²) in [6, 6.07) is 5.63. The highest BCUT2D eigenvalue weighted by atomic mass is 16.3. The third-order valence-corrected chi connectivity index (χ3v) is 1.44. The van der Waals surface area contributed by atoms with E-state index in [0.29, 0.717) is 0 Å². The highest BCUT2D eigenvalue weighted by Crippen LogP contribution is 2.29. The van der Waals surface area contributed by atoms with Gasteiger partial charge in [0, 0.05) is 8.22 Å². The number of benzene rings is 1. The van der Waals surface area contributed by atoms with Gasteiger partial charge in [0.05, 0.1) is 0 Å². The highest BCUT2D eigenvalue weighted by Gasteiger charge is 2.16. The number of phenolic OH excluding ortho intramolecular Hbond substituents is 1. The van der Waals surface area contributed by atoms with Gasteiger partial charge >= 0.3 is 0 Å². The first-order valence-electron chi connectivity index (χ1n) is 6.30. The smallest absolute Gasteiger partial charge is 0.119 e. The zero-order valence-corrected chi connectivity index (χ0v) is 6.26. The van der Waals surface area contributed by atoms with E-state index in [1.807, 2.05) is 0 Å². The molecule has 1 aromatic carbocycles. The number of aromatic hydroxyl groups is 1. The van der Waals surface area contributed by atoms with Crippen molar-refractivity contribution in [2.75, 3.05) is 0 Å². The molecule has 0 radical (unpaired) electrons. The first-order chi connectivity index (χ1) is 7.52. The van der Waals surface area contributed by atoms with Crippen LogP contribution in [0.15, 0.2) is 24.3 Å². The molecular formula is C10H14O. The summed E-state index contributed by atoms with van der Waals surface area (Å²) < 4.78 is 44.6. The molecule has 0 saturated heterocycles. The number of phenols is 1. The average molecular weight is 156 g/mol. The second kappa shape index (κ2) is 2.57. The predicted molar refractivity (Wildman–Crippen MR) is 46.8 cm³/mol.